The fraction of sp³-hybridized carbons (Fsp3) is 0.588. The van der Waals surface area contributed by atoms with Crippen LogP contribution < -0.4 is 5.32 Å². The number of carbonyl (C=O) groups is 1. The molecule has 120 valence electrons. The Morgan fingerprint density at radius 2 is 2.05 bits per heavy atom. The molecule has 1 aromatic carbocycles. The van der Waals surface area contributed by atoms with Gasteiger partial charge in [0.05, 0.1) is 12.2 Å². The van der Waals surface area contributed by atoms with Gasteiger partial charge in [-0.05, 0) is 56.3 Å². The van der Waals surface area contributed by atoms with E-state index >= 15 is 0 Å². The zero-order chi connectivity index (χ0) is 15.5. The SMILES string of the molecule is O=C(CN1CCC[C@H]2CCCC[C@@H]21)Nc1ccc(Br)cc1F. The summed E-state index contributed by atoms with van der Waals surface area (Å²) in [6.45, 7) is 1.36. The van der Waals surface area contributed by atoms with Gasteiger partial charge in [0.15, 0.2) is 0 Å². The first-order valence-corrected chi connectivity index (χ1v) is 8.92. The first kappa shape index (κ1) is 15.9. The summed E-state index contributed by atoms with van der Waals surface area (Å²) in [5.41, 5.74) is 0.255. The first-order valence-electron chi connectivity index (χ1n) is 8.12. The second kappa shape index (κ2) is 7.09. The van der Waals surface area contributed by atoms with Crippen LogP contribution in [0, 0.1) is 11.7 Å². The van der Waals surface area contributed by atoms with Crippen LogP contribution in [0.3, 0.4) is 0 Å². The van der Waals surface area contributed by atoms with Gasteiger partial charge in [-0.2, -0.15) is 0 Å². The highest BCUT2D eigenvalue weighted by Crippen LogP contribution is 2.35. The number of rotatable bonds is 3. The monoisotopic (exact) mass is 368 g/mol. The van der Waals surface area contributed by atoms with Crippen LogP contribution in [0.2, 0.25) is 0 Å². The number of hydrogen-bond acceptors (Lipinski definition) is 2. The van der Waals surface area contributed by atoms with E-state index < -0.39 is 5.82 Å². The summed E-state index contributed by atoms with van der Waals surface area (Å²) >= 11 is 3.22. The summed E-state index contributed by atoms with van der Waals surface area (Å²) in [6.07, 6.45) is 7.55. The Morgan fingerprint density at radius 3 is 2.86 bits per heavy atom. The van der Waals surface area contributed by atoms with Crippen molar-refractivity contribution < 1.29 is 9.18 Å². The number of fused-ring (bicyclic) bond motifs is 1. The molecule has 0 spiro atoms. The van der Waals surface area contributed by atoms with Gasteiger partial charge < -0.3 is 5.32 Å². The number of benzene rings is 1. The predicted octanol–water partition coefficient (Wildman–Crippen LogP) is 4.18. The molecule has 1 aromatic rings. The fourth-order valence-electron chi connectivity index (χ4n) is 3.89. The molecule has 0 aromatic heterocycles. The number of hydrogen-bond donors (Lipinski definition) is 1. The number of piperidine rings is 1. The maximum atomic E-state index is 13.8. The van der Waals surface area contributed by atoms with Crippen LogP contribution in [-0.4, -0.2) is 29.9 Å². The molecule has 1 N–H and O–H groups in total. The molecule has 3 nitrogen and oxygen atoms in total. The van der Waals surface area contributed by atoms with E-state index in [9.17, 15) is 9.18 Å². The van der Waals surface area contributed by atoms with Gasteiger partial charge in [-0.3, -0.25) is 9.69 Å². The lowest BCUT2D eigenvalue weighted by molar-refractivity contribution is -0.119. The molecular formula is C17H22BrFN2O. The third-order valence-electron chi connectivity index (χ3n) is 4.91. The Kier molecular flexibility index (Phi) is 5.14. The van der Waals surface area contributed by atoms with Crippen molar-refractivity contribution in [1.29, 1.82) is 0 Å². The van der Waals surface area contributed by atoms with Gasteiger partial charge in [-0.15, -0.1) is 0 Å². The van der Waals surface area contributed by atoms with Crippen LogP contribution in [0.5, 0.6) is 0 Å². The van der Waals surface area contributed by atoms with Crippen LogP contribution in [0.4, 0.5) is 10.1 Å². The summed E-state index contributed by atoms with van der Waals surface area (Å²) in [7, 11) is 0. The molecule has 1 aliphatic carbocycles. The van der Waals surface area contributed by atoms with Gasteiger partial charge in [-0.1, -0.05) is 28.8 Å². The smallest absolute Gasteiger partial charge is 0.238 e. The van der Waals surface area contributed by atoms with E-state index in [1.807, 2.05) is 0 Å². The number of nitrogens with one attached hydrogen (secondary N) is 1. The second-order valence-corrected chi connectivity index (χ2v) is 7.31. The van der Waals surface area contributed by atoms with Crippen LogP contribution in [0.15, 0.2) is 22.7 Å². The zero-order valence-electron chi connectivity index (χ0n) is 12.7. The van der Waals surface area contributed by atoms with Crippen molar-refractivity contribution in [2.75, 3.05) is 18.4 Å². The third-order valence-corrected chi connectivity index (χ3v) is 5.40. The van der Waals surface area contributed by atoms with Gasteiger partial charge >= 0.3 is 0 Å². The minimum absolute atomic E-state index is 0.118. The summed E-state index contributed by atoms with van der Waals surface area (Å²) in [5.74, 6) is 0.226. The summed E-state index contributed by atoms with van der Waals surface area (Å²) < 4.78 is 14.5. The van der Waals surface area contributed by atoms with Crippen molar-refractivity contribution in [2.45, 2.75) is 44.6 Å². The molecule has 3 rings (SSSR count). The summed E-state index contributed by atoms with van der Waals surface area (Å²) in [5, 5.41) is 2.70. The highest BCUT2D eigenvalue weighted by molar-refractivity contribution is 9.10. The number of anilines is 1. The van der Waals surface area contributed by atoms with Crippen LogP contribution in [0.1, 0.15) is 38.5 Å². The van der Waals surface area contributed by atoms with Crippen molar-refractivity contribution >= 4 is 27.5 Å². The fourth-order valence-corrected chi connectivity index (χ4v) is 4.22. The van der Waals surface area contributed by atoms with Crippen LogP contribution in [0.25, 0.3) is 0 Å². The molecule has 1 saturated carbocycles. The Hall–Kier alpha value is -0.940. The van der Waals surface area contributed by atoms with Crippen molar-refractivity contribution in [3.05, 3.63) is 28.5 Å². The standard InChI is InChI=1S/C17H22BrFN2O/c18-13-7-8-15(14(19)10-13)20-17(22)11-21-9-3-5-12-4-1-2-6-16(12)21/h7-8,10,12,16H,1-6,9,11H2,(H,20,22)/t12-,16+/m1/s1. The summed E-state index contributed by atoms with van der Waals surface area (Å²) in [4.78, 5) is 14.6. The van der Waals surface area contributed by atoms with E-state index in [1.165, 1.54) is 44.6 Å². The van der Waals surface area contributed by atoms with E-state index in [2.05, 4.69) is 26.1 Å². The molecule has 1 amide bonds. The van der Waals surface area contributed by atoms with Crippen molar-refractivity contribution in [1.82, 2.24) is 4.90 Å². The van der Waals surface area contributed by atoms with Crippen molar-refractivity contribution in [3.63, 3.8) is 0 Å². The molecule has 22 heavy (non-hydrogen) atoms. The van der Waals surface area contributed by atoms with Crippen LogP contribution >= 0.6 is 15.9 Å². The third kappa shape index (κ3) is 3.69. The average Bonchev–Trinajstić information content (AvgIpc) is 2.50. The number of nitrogens with zero attached hydrogens (tertiary/aromatic N) is 1. The Labute approximate surface area is 139 Å². The van der Waals surface area contributed by atoms with E-state index in [4.69, 9.17) is 0 Å². The molecule has 0 bridgehead atoms. The Balaban J connectivity index is 1.61. The number of halogens is 2. The maximum absolute atomic E-state index is 13.8. The van der Waals surface area contributed by atoms with Gasteiger partial charge in [-0.25, -0.2) is 4.39 Å². The molecular weight excluding hydrogens is 347 g/mol. The summed E-state index contributed by atoms with van der Waals surface area (Å²) in [6, 6.07) is 5.24. The van der Waals surface area contributed by atoms with E-state index in [-0.39, 0.29) is 11.6 Å². The van der Waals surface area contributed by atoms with Crippen LogP contribution in [-0.2, 0) is 4.79 Å². The van der Waals surface area contributed by atoms with Gasteiger partial charge in [0, 0.05) is 10.5 Å². The molecule has 0 unspecified atom stereocenters. The molecule has 1 heterocycles. The quantitative estimate of drug-likeness (QED) is 0.867. The minimum Gasteiger partial charge on any atom is -0.322 e. The Bertz CT molecular complexity index is 549. The lowest BCUT2D eigenvalue weighted by Crippen LogP contribution is -2.49. The lowest BCUT2D eigenvalue weighted by atomic mass is 9.78. The van der Waals surface area contributed by atoms with E-state index in [0.717, 1.165) is 12.5 Å². The van der Waals surface area contributed by atoms with Gasteiger partial charge in [0.1, 0.15) is 5.82 Å². The highest BCUT2D eigenvalue weighted by atomic mass is 79.9. The molecule has 0 radical (unpaired) electrons. The molecule has 2 atom stereocenters. The predicted molar refractivity (Wildman–Crippen MR) is 89.3 cm³/mol. The number of carbonyl (C=O) groups excluding carboxylic acids is 1. The number of likely N-dealkylation sites (tertiary alicyclic amines) is 1. The molecule has 1 saturated heterocycles. The second-order valence-electron chi connectivity index (χ2n) is 6.40. The number of amides is 1. The molecule has 2 aliphatic rings. The van der Waals surface area contributed by atoms with E-state index in [0.29, 0.717) is 17.1 Å². The Morgan fingerprint density at radius 1 is 1.27 bits per heavy atom. The minimum atomic E-state index is -0.406. The normalized spacial score (nSPS) is 25.5. The van der Waals surface area contributed by atoms with Crippen molar-refractivity contribution in [3.8, 4) is 0 Å². The molecule has 2 fully saturated rings. The van der Waals surface area contributed by atoms with E-state index in [1.54, 1.807) is 12.1 Å². The van der Waals surface area contributed by atoms with Gasteiger partial charge in [0.25, 0.3) is 0 Å². The molecule has 1 aliphatic heterocycles. The first-order chi connectivity index (χ1) is 10.6. The zero-order valence-corrected chi connectivity index (χ0v) is 14.2. The highest BCUT2D eigenvalue weighted by Gasteiger charge is 2.33. The lowest BCUT2D eigenvalue weighted by Gasteiger charge is -2.43. The topological polar surface area (TPSA) is 32.3 Å². The van der Waals surface area contributed by atoms with Crippen molar-refractivity contribution in [2.24, 2.45) is 5.92 Å². The average molecular weight is 369 g/mol. The molecule has 5 heteroatoms. The largest absolute Gasteiger partial charge is 0.322 e. The maximum Gasteiger partial charge on any atom is 0.238 e. The van der Waals surface area contributed by atoms with Gasteiger partial charge in [0.2, 0.25) is 5.91 Å².